The van der Waals surface area contributed by atoms with E-state index in [2.05, 4.69) is 19.2 Å². The Labute approximate surface area is 169 Å². The number of hydrogen-bond acceptors (Lipinski definition) is 4. The number of nitrogens with zero attached hydrogens (tertiary/aromatic N) is 1. The van der Waals surface area contributed by atoms with Crippen LogP contribution in [-0.2, 0) is 14.8 Å². The molecule has 1 amide bonds. The Bertz CT molecular complexity index is 718. The molecule has 1 aromatic carbocycles. The van der Waals surface area contributed by atoms with E-state index in [-0.39, 0.29) is 23.3 Å². The molecular formula is C21H34N2O4S. The molecule has 0 aliphatic carbocycles. The van der Waals surface area contributed by atoms with Gasteiger partial charge in [-0.3, -0.25) is 4.79 Å². The van der Waals surface area contributed by atoms with E-state index < -0.39 is 10.0 Å². The Morgan fingerprint density at radius 3 is 2.61 bits per heavy atom. The van der Waals surface area contributed by atoms with Crippen molar-refractivity contribution < 1.29 is 17.9 Å². The van der Waals surface area contributed by atoms with Crippen molar-refractivity contribution in [3.8, 4) is 5.75 Å². The number of methoxy groups -OCH3 is 1. The van der Waals surface area contributed by atoms with Crippen LogP contribution < -0.4 is 10.1 Å². The van der Waals surface area contributed by atoms with Crippen LogP contribution in [0.4, 0.5) is 0 Å². The molecular weight excluding hydrogens is 376 g/mol. The first kappa shape index (κ1) is 22.7. The molecule has 6 nitrogen and oxygen atoms in total. The van der Waals surface area contributed by atoms with E-state index in [1.165, 1.54) is 10.7 Å². The number of unbranched alkanes of at least 4 members (excludes halogenated alkanes) is 1. The van der Waals surface area contributed by atoms with Crippen molar-refractivity contribution in [3.63, 3.8) is 0 Å². The van der Waals surface area contributed by atoms with Gasteiger partial charge in [-0.05, 0) is 49.4 Å². The maximum absolute atomic E-state index is 12.9. The molecule has 0 spiro atoms. The summed E-state index contributed by atoms with van der Waals surface area (Å²) in [5.74, 6) is 0.796. The van der Waals surface area contributed by atoms with Gasteiger partial charge in [0.1, 0.15) is 5.75 Å². The Morgan fingerprint density at radius 1 is 1.29 bits per heavy atom. The standard InChI is InChI=1S/C21H34N2O4S/c1-4-6-8-17(5-2)15-22-21(24)18-9-7-14-23(16-18)28(25,26)20-12-10-19(27-3)11-13-20/h10-13,17-18H,4-9,14-16H2,1-3H3,(H,22,24)/t17-,18-/m1/s1. The summed E-state index contributed by atoms with van der Waals surface area (Å²) in [7, 11) is -2.06. The number of piperidine rings is 1. The highest BCUT2D eigenvalue weighted by Crippen LogP contribution is 2.25. The minimum atomic E-state index is -3.60. The average molecular weight is 411 g/mol. The molecule has 0 aromatic heterocycles. The number of rotatable bonds is 10. The Balaban J connectivity index is 1.97. The SMILES string of the molecule is CCCC[C@@H](CC)CNC(=O)[C@@H]1CCCN(S(=O)(=O)c2ccc(OC)cc2)C1. The number of carbonyl (C=O) groups is 1. The van der Waals surface area contributed by atoms with E-state index in [1.807, 2.05) is 0 Å². The van der Waals surface area contributed by atoms with Crippen molar-refractivity contribution in [2.75, 3.05) is 26.7 Å². The molecule has 0 unspecified atom stereocenters. The lowest BCUT2D eigenvalue weighted by molar-refractivity contribution is -0.126. The van der Waals surface area contributed by atoms with Gasteiger partial charge in [-0.2, -0.15) is 4.31 Å². The van der Waals surface area contributed by atoms with Crippen LogP contribution in [0.2, 0.25) is 0 Å². The Kier molecular flexibility index (Phi) is 8.76. The molecule has 1 fully saturated rings. The van der Waals surface area contributed by atoms with Crippen LogP contribution in [0.1, 0.15) is 52.4 Å². The van der Waals surface area contributed by atoms with Crippen LogP contribution in [0.5, 0.6) is 5.75 Å². The monoisotopic (exact) mass is 410 g/mol. The number of hydrogen-bond donors (Lipinski definition) is 1. The van der Waals surface area contributed by atoms with Gasteiger partial charge in [-0.15, -0.1) is 0 Å². The van der Waals surface area contributed by atoms with Gasteiger partial charge in [-0.25, -0.2) is 8.42 Å². The zero-order valence-electron chi connectivity index (χ0n) is 17.3. The third-order valence-electron chi connectivity index (χ3n) is 5.56. The molecule has 0 radical (unpaired) electrons. The zero-order valence-corrected chi connectivity index (χ0v) is 18.1. The number of ether oxygens (including phenoxy) is 1. The summed E-state index contributed by atoms with van der Waals surface area (Å²) in [6.07, 6.45) is 5.92. The van der Waals surface area contributed by atoms with Crippen molar-refractivity contribution in [3.05, 3.63) is 24.3 Å². The number of nitrogens with one attached hydrogen (secondary N) is 1. The molecule has 1 aliphatic rings. The van der Waals surface area contributed by atoms with Gasteiger partial charge in [-0.1, -0.05) is 33.1 Å². The lowest BCUT2D eigenvalue weighted by Gasteiger charge is -2.31. The number of benzene rings is 1. The summed E-state index contributed by atoms with van der Waals surface area (Å²) < 4.78 is 32.4. The minimum Gasteiger partial charge on any atom is -0.497 e. The molecule has 1 N–H and O–H groups in total. The predicted octanol–water partition coefficient (Wildman–Crippen LogP) is 3.43. The van der Waals surface area contributed by atoms with Gasteiger partial charge in [0.25, 0.3) is 0 Å². The maximum Gasteiger partial charge on any atom is 0.243 e. The molecule has 1 aliphatic heterocycles. The van der Waals surface area contributed by atoms with Gasteiger partial charge < -0.3 is 10.1 Å². The largest absolute Gasteiger partial charge is 0.497 e. The first-order chi connectivity index (χ1) is 13.4. The van der Waals surface area contributed by atoms with Crippen molar-refractivity contribution in [1.29, 1.82) is 0 Å². The van der Waals surface area contributed by atoms with E-state index in [1.54, 1.807) is 31.4 Å². The van der Waals surface area contributed by atoms with Crippen LogP contribution in [0.3, 0.4) is 0 Å². The average Bonchev–Trinajstić information content (AvgIpc) is 2.73. The van der Waals surface area contributed by atoms with Gasteiger partial charge in [0.05, 0.1) is 17.9 Å². The van der Waals surface area contributed by atoms with E-state index in [0.717, 1.165) is 25.7 Å². The lowest BCUT2D eigenvalue weighted by Crippen LogP contribution is -2.46. The molecule has 0 bridgehead atoms. The van der Waals surface area contributed by atoms with E-state index >= 15 is 0 Å². The van der Waals surface area contributed by atoms with Crippen molar-refractivity contribution in [2.24, 2.45) is 11.8 Å². The number of carbonyl (C=O) groups excluding carboxylic acids is 1. The van der Waals surface area contributed by atoms with Crippen LogP contribution in [0.25, 0.3) is 0 Å². The first-order valence-electron chi connectivity index (χ1n) is 10.3. The highest BCUT2D eigenvalue weighted by atomic mass is 32.2. The molecule has 1 saturated heterocycles. The molecule has 1 aromatic rings. The van der Waals surface area contributed by atoms with Crippen LogP contribution in [-0.4, -0.2) is 45.4 Å². The Morgan fingerprint density at radius 2 is 2.00 bits per heavy atom. The number of amides is 1. The third-order valence-corrected chi connectivity index (χ3v) is 7.44. The third kappa shape index (κ3) is 5.95. The fourth-order valence-corrected chi connectivity index (χ4v) is 5.13. The van der Waals surface area contributed by atoms with Gasteiger partial charge >= 0.3 is 0 Å². The topological polar surface area (TPSA) is 75.7 Å². The maximum atomic E-state index is 12.9. The molecule has 7 heteroatoms. The smallest absolute Gasteiger partial charge is 0.243 e. The molecule has 1 heterocycles. The molecule has 2 rings (SSSR count). The van der Waals surface area contributed by atoms with E-state index in [4.69, 9.17) is 4.74 Å². The summed E-state index contributed by atoms with van der Waals surface area (Å²) in [5.41, 5.74) is 0. The highest BCUT2D eigenvalue weighted by molar-refractivity contribution is 7.89. The summed E-state index contributed by atoms with van der Waals surface area (Å²) in [6, 6.07) is 6.39. The van der Waals surface area contributed by atoms with E-state index in [0.29, 0.717) is 31.2 Å². The van der Waals surface area contributed by atoms with Crippen LogP contribution in [0.15, 0.2) is 29.2 Å². The quantitative estimate of drug-likeness (QED) is 0.641. The summed E-state index contributed by atoms with van der Waals surface area (Å²) in [5, 5.41) is 3.06. The Hall–Kier alpha value is -1.60. The predicted molar refractivity (Wildman–Crippen MR) is 111 cm³/mol. The highest BCUT2D eigenvalue weighted by Gasteiger charge is 2.33. The second kappa shape index (κ2) is 10.8. The number of sulfonamides is 1. The van der Waals surface area contributed by atoms with E-state index in [9.17, 15) is 13.2 Å². The molecule has 0 saturated carbocycles. The molecule has 158 valence electrons. The summed E-state index contributed by atoms with van der Waals surface area (Å²) in [4.78, 5) is 12.9. The van der Waals surface area contributed by atoms with Gasteiger partial charge in [0, 0.05) is 19.6 Å². The van der Waals surface area contributed by atoms with Crippen molar-refractivity contribution >= 4 is 15.9 Å². The summed E-state index contributed by atoms with van der Waals surface area (Å²) in [6.45, 7) is 5.69. The first-order valence-corrected chi connectivity index (χ1v) is 11.8. The molecule has 2 atom stereocenters. The fourth-order valence-electron chi connectivity index (χ4n) is 3.60. The van der Waals surface area contributed by atoms with Gasteiger partial charge in [0.2, 0.25) is 15.9 Å². The summed E-state index contributed by atoms with van der Waals surface area (Å²) >= 11 is 0. The fraction of sp³-hybridized carbons (Fsp3) is 0.667. The van der Waals surface area contributed by atoms with Crippen LogP contribution in [0, 0.1) is 11.8 Å². The van der Waals surface area contributed by atoms with Crippen LogP contribution >= 0.6 is 0 Å². The van der Waals surface area contributed by atoms with Crippen molar-refractivity contribution in [1.82, 2.24) is 9.62 Å². The molecule has 28 heavy (non-hydrogen) atoms. The normalized spacial score (nSPS) is 19.2. The minimum absolute atomic E-state index is 0.0235. The second-order valence-corrected chi connectivity index (χ2v) is 9.48. The lowest BCUT2D eigenvalue weighted by atomic mass is 9.96. The van der Waals surface area contributed by atoms with Gasteiger partial charge in [0.15, 0.2) is 0 Å². The van der Waals surface area contributed by atoms with Crippen molar-refractivity contribution in [2.45, 2.75) is 57.3 Å². The second-order valence-electron chi connectivity index (χ2n) is 7.54. The zero-order chi connectivity index (χ0) is 20.6.